The van der Waals surface area contributed by atoms with Crippen LogP contribution < -0.4 is 5.73 Å². The van der Waals surface area contributed by atoms with Crippen molar-refractivity contribution in [3.05, 3.63) is 48.0 Å². The molecule has 0 bridgehead atoms. The number of nitrogens with two attached hydrogens (primary N) is 1. The van der Waals surface area contributed by atoms with Gasteiger partial charge in [-0.1, -0.05) is 17.8 Å². The molecule has 1 heterocycles. The Kier molecular flexibility index (Phi) is 3.36. The molecule has 0 unspecified atom stereocenters. The summed E-state index contributed by atoms with van der Waals surface area (Å²) in [6.07, 6.45) is 3.31. The lowest BCUT2D eigenvalue weighted by Gasteiger charge is -2.05. The number of hydrogen-bond donors (Lipinski definition) is 1. The second-order valence-electron chi connectivity index (χ2n) is 3.13. The van der Waals surface area contributed by atoms with E-state index in [1.807, 2.05) is 0 Å². The quantitative estimate of drug-likeness (QED) is 0.504. The minimum absolute atomic E-state index is 0.288. The number of thioether (sulfide) groups is 1. The Morgan fingerprint density at radius 3 is 2.62 bits per heavy atom. The van der Waals surface area contributed by atoms with E-state index in [1.54, 1.807) is 30.6 Å². The maximum atomic E-state index is 13.4. The first-order valence-corrected chi connectivity index (χ1v) is 5.68. The molecule has 0 aliphatic heterocycles. The van der Waals surface area contributed by atoms with Gasteiger partial charge in [0.2, 0.25) is 0 Å². The summed E-state index contributed by atoms with van der Waals surface area (Å²) in [5.41, 5.74) is 6.65. The van der Waals surface area contributed by atoms with Crippen molar-refractivity contribution in [1.82, 2.24) is 9.97 Å². The van der Waals surface area contributed by atoms with Crippen molar-refractivity contribution in [1.29, 1.82) is 0 Å². The second kappa shape index (κ2) is 4.94. The molecule has 2 aromatic rings. The van der Waals surface area contributed by atoms with E-state index in [0.717, 1.165) is 0 Å². The van der Waals surface area contributed by atoms with E-state index < -0.39 is 0 Å². The van der Waals surface area contributed by atoms with Crippen LogP contribution in [0.25, 0.3) is 0 Å². The molecule has 0 radical (unpaired) electrons. The van der Waals surface area contributed by atoms with Gasteiger partial charge in [0.1, 0.15) is 5.82 Å². The SMILES string of the molecule is Nc1cccc(F)c1CSc1ncccn1. The van der Waals surface area contributed by atoms with Crippen molar-refractivity contribution in [2.75, 3.05) is 5.73 Å². The molecule has 5 heteroatoms. The largest absolute Gasteiger partial charge is 0.398 e. The molecule has 0 aliphatic rings. The Bertz CT molecular complexity index is 456. The highest BCUT2D eigenvalue weighted by molar-refractivity contribution is 7.98. The van der Waals surface area contributed by atoms with E-state index in [-0.39, 0.29) is 5.82 Å². The molecule has 1 aromatic carbocycles. The standard InChI is InChI=1S/C11H10FN3S/c12-9-3-1-4-10(13)8(9)7-16-11-14-5-2-6-15-11/h1-6H,7,13H2. The molecule has 0 spiro atoms. The van der Waals surface area contributed by atoms with E-state index in [9.17, 15) is 4.39 Å². The van der Waals surface area contributed by atoms with E-state index in [1.165, 1.54) is 17.8 Å². The van der Waals surface area contributed by atoms with Crippen molar-refractivity contribution in [2.45, 2.75) is 10.9 Å². The fraction of sp³-hybridized carbons (Fsp3) is 0.0909. The Morgan fingerprint density at radius 2 is 1.94 bits per heavy atom. The molecule has 0 aliphatic carbocycles. The first-order chi connectivity index (χ1) is 7.77. The number of aromatic nitrogens is 2. The van der Waals surface area contributed by atoms with Gasteiger partial charge in [-0.25, -0.2) is 14.4 Å². The number of benzene rings is 1. The van der Waals surface area contributed by atoms with Crippen LogP contribution in [0.5, 0.6) is 0 Å². The summed E-state index contributed by atoms with van der Waals surface area (Å²) in [5, 5.41) is 0.616. The molecule has 2 rings (SSSR count). The number of rotatable bonds is 3. The number of nitrogens with zero attached hydrogens (tertiary/aromatic N) is 2. The lowest BCUT2D eigenvalue weighted by molar-refractivity contribution is 0.618. The molecule has 0 amide bonds. The van der Waals surface area contributed by atoms with Gasteiger partial charge >= 0.3 is 0 Å². The van der Waals surface area contributed by atoms with Gasteiger partial charge in [-0.3, -0.25) is 0 Å². The van der Waals surface area contributed by atoms with Crippen LogP contribution in [-0.4, -0.2) is 9.97 Å². The normalized spacial score (nSPS) is 10.3. The van der Waals surface area contributed by atoms with Crippen molar-refractivity contribution in [2.24, 2.45) is 0 Å². The Hall–Kier alpha value is -1.62. The van der Waals surface area contributed by atoms with Gasteiger partial charge in [-0.15, -0.1) is 0 Å². The zero-order chi connectivity index (χ0) is 11.4. The second-order valence-corrected chi connectivity index (χ2v) is 4.07. The fourth-order valence-corrected chi connectivity index (χ4v) is 2.07. The molecular formula is C11H10FN3S. The molecule has 0 fully saturated rings. The first-order valence-electron chi connectivity index (χ1n) is 4.70. The third kappa shape index (κ3) is 2.49. The van der Waals surface area contributed by atoms with Crippen LogP contribution in [0.15, 0.2) is 41.8 Å². The summed E-state index contributed by atoms with van der Waals surface area (Å²) < 4.78 is 13.4. The van der Waals surface area contributed by atoms with E-state index >= 15 is 0 Å². The van der Waals surface area contributed by atoms with Crippen LogP contribution in [-0.2, 0) is 5.75 Å². The van der Waals surface area contributed by atoms with Crippen LogP contribution in [0.3, 0.4) is 0 Å². The van der Waals surface area contributed by atoms with Gasteiger partial charge in [0, 0.05) is 29.4 Å². The van der Waals surface area contributed by atoms with Gasteiger partial charge < -0.3 is 5.73 Å². The average Bonchev–Trinajstić information content (AvgIpc) is 2.30. The summed E-state index contributed by atoms with van der Waals surface area (Å²) in [6.45, 7) is 0. The van der Waals surface area contributed by atoms with Gasteiger partial charge in [-0.2, -0.15) is 0 Å². The Morgan fingerprint density at radius 1 is 1.19 bits per heavy atom. The molecule has 0 saturated carbocycles. The van der Waals surface area contributed by atoms with E-state index in [4.69, 9.17) is 5.73 Å². The number of anilines is 1. The van der Waals surface area contributed by atoms with Crippen molar-refractivity contribution in [3.63, 3.8) is 0 Å². The molecule has 0 saturated heterocycles. The zero-order valence-corrected chi connectivity index (χ0v) is 9.25. The predicted octanol–water partition coefficient (Wildman–Crippen LogP) is 2.49. The third-order valence-corrected chi connectivity index (χ3v) is 2.94. The van der Waals surface area contributed by atoms with Gasteiger partial charge in [0.15, 0.2) is 5.16 Å². The minimum atomic E-state index is -0.288. The van der Waals surface area contributed by atoms with E-state index in [2.05, 4.69) is 9.97 Å². The maximum Gasteiger partial charge on any atom is 0.187 e. The summed E-state index contributed by atoms with van der Waals surface area (Å²) in [5.74, 6) is 0.145. The van der Waals surface area contributed by atoms with Gasteiger partial charge in [0.05, 0.1) is 0 Å². The number of hydrogen-bond acceptors (Lipinski definition) is 4. The summed E-state index contributed by atoms with van der Waals surface area (Å²) >= 11 is 1.36. The van der Waals surface area contributed by atoms with Crippen molar-refractivity contribution in [3.8, 4) is 0 Å². The fourth-order valence-electron chi connectivity index (χ4n) is 1.22. The lowest BCUT2D eigenvalue weighted by atomic mass is 10.2. The molecule has 0 atom stereocenters. The molecule has 82 valence electrons. The average molecular weight is 235 g/mol. The maximum absolute atomic E-state index is 13.4. The Labute approximate surface area is 96.9 Å². The van der Waals surface area contributed by atoms with E-state index in [0.29, 0.717) is 22.2 Å². The van der Waals surface area contributed by atoms with Crippen LogP contribution in [0.1, 0.15) is 5.56 Å². The van der Waals surface area contributed by atoms with Crippen LogP contribution in [0, 0.1) is 5.82 Å². The van der Waals surface area contributed by atoms with Crippen LogP contribution in [0.4, 0.5) is 10.1 Å². The molecule has 1 aromatic heterocycles. The molecular weight excluding hydrogens is 225 g/mol. The highest BCUT2D eigenvalue weighted by Crippen LogP contribution is 2.24. The highest BCUT2D eigenvalue weighted by atomic mass is 32.2. The van der Waals surface area contributed by atoms with Crippen molar-refractivity contribution >= 4 is 17.4 Å². The minimum Gasteiger partial charge on any atom is -0.398 e. The van der Waals surface area contributed by atoms with Crippen LogP contribution in [0.2, 0.25) is 0 Å². The smallest absolute Gasteiger partial charge is 0.187 e. The third-order valence-electron chi connectivity index (χ3n) is 2.04. The van der Waals surface area contributed by atoms with Crippen molar-refractivity contribution < 1.29 is 4.39 Å². The summed E-state index contributed by atoms with van der Waals surface area (Å²) in [4.78, 5) is 8.08. The summed E-state index contributed by atoms with van der Waals surface area (Å²) in [7, 11) is 0. The first kappa shape index (κ1) is 10.9. The van der Waals surface area contributed by atoms with Gasteiger partial charge in [0.25, 0.3) is 0 Å². The highest BCUT2D eigenvalue weighted by Gasteiger charge is 2.07. The molecule has 3 nitrogen and oxygen atoms in total. The number of nitrogen functional groups attached to an aromatic ring is 1. The Balaban J connectivity index is 2.11. The zero-order valence-electron chi connectivity index (χ0n) is 8.43. The molecule has 16 heavy (non-hydrogen) atoms. The monoisotopic (exact) mass is 235 g/mol. The van der Waals surface area contributed by atoms with Crippen LogP contribution >= 0.6 is 11.8 Å². The predicted molar refractivity (Wildman–Crippen MR) is 62.4 cm³/mol. The lowest BCUT2D eigenvalue weighted by Crippen LogP contribution is -1.96. The van der Waals surface area contributed by atoms with Gasteiger partial charge in [-0.05, 0) is 18.2 Å². The number of halogens is 1. The topological polar surface area (TPSA) is 51.8 Å². The summed E-state index contributed by atoms with van der Waals surface area (Å²) in [6, 6.07) is 6.42. The molecule has 2 N–H and O–H groups in total.